The average Bonchev–Trinajstić information content (AvgIpc) is 3.29. The molecular formula is C23H22ClFN4O3. The van der Waals surface area contributed by atoms with Gasteiger partial charge in [-0.1, -0.05) is 17.7 Å². The Morgan fingerprint density at radius 2 is 1.94 bits per heavy atom. The first-order chi connectivity index (χ1) is 15.4. The van der Waals surface area contributed by atoms with E-state index in [4.69, 9.17) is 16.3 Å². The van der Waals surface area contributed by atoms with E-state index in [0.717, 1.165) is 13.1 Å². The van der Waals surface area contributed by atoms with Crippen LogP contribution < -0.4 is 0 Å². The number of ether oxygens (including phenoxy) is 1. The number of nitrogens with one attached hydrogen (secondary N) is 1. The second kappa shape index (κ2) is 9.68. The van der Waals surface area contributed by atoms with Gasteiger partial charge in [0.2, 0.25) is 0 Å². The number of hydrogen-bond acceptors (Lipinski definition) is 6. The van der Waals surface area contributed by atoms with Crippen molar-refractivity contribution in [3.8, 4) is 0 Å². The first-order valence-electron chi connectivity index (χ1n) is 10.2. The van der Waals surface area contributed by atoms with E-state index in [1.165, 1.54) is 24.4 Å². The lowest BCUT2D eigenvalue weighted by Crippen LogP contribution is -2.36. The molecule has 1 aliphatic rings. The monoisotopic (exact) mass is 456 g/mol. The predicted octanol–water partition coefficient (Wildman–Crippen LogP) is 3.39. The Kier molecular flexibility index (Phi) is 6.74. The van der Waals surface area contributed by atoms with E-state index in [1.54, 1.807) is 19.3 Å². The van der Waals surface area contributed by atoms with Crippen molar-refractivity contribution in [2.24, 2.45) is 0 Å². The molecule has 1 aliphatic heterocycles. The Balaban J connectivity index is 1.42. The summed E-state index contributed by atoms with van der Waals surface area (Å²) in [5.41, 5.74) is 1.19. The van der Waals surface area contributed by atoms with Crippen LogP contribution in [0.25, 0.3) is 0 Å². The summed E-state index contributed by atoms with van der Waals surface area (Å²) in [6.07, 6.45) is 4.73. The second-order valence-corrected chi connectivity index (χ2v) is 8.09. The highest BCUT2D eigenvalue weighted by Crippen LogP contribution is 2.25. The maximum Gasteiger partial charge on any atom is 0.199 e. The largest absolute Gasteiger partial charge is 0.379 e. The Hall–Kier alpha value is -2.94. The number of morpholine rings is 1. The number of halogens is 2. The predicted molar refractivity (Wildman–Crippen MR) is 117 cm³/mol. The number of carbonyl (C=O) groups excluding carboxylic acids is 2. The van der Waals surface area contributed by atoms with Crippen molar-refractivity contribution in [2.75, 3.05) is 26.3 Å². The minimum absolute atomic E-state index is 0.0292. The van der Waals surface area contributed by atoms with Gasteiger partial charge in [0.15, 0.2) is 11.6 Å². The lowest BCUT2D eigenvalue weighted by atomic mass is 10.0. The van der Waals surface area contributed by atoms with Gasteiger partial charge in [-0.05, 0) is 30.2 Å². The zero-order valence-electron chi connectivity index (χ0n) is 17.5. The summed E-state index contributed by atoms with van der Waals surface area (Å²) in [6, 6.07) is 4.40. The van der Waals surface area contributed by atoms with Crippen LogP contribution in [0.3, 0.4) is 0 Å². The molecule has 1 saturated heterocycles. The molecule has 9 heteroatoms. The van der Waals surface area contributed by atoms with Crippen molar-refractivity contribution in [3.63, 3.8) is 0 Å². The van der Waals surface area contributed by atoms with E-state index in [0.29, 0.717) is 36.7 Å². The molecule has 0 saturated carbocycles. The molecule has 7 nitrogen and oxygen atoms in total. The number of rotatable bonds is 7. The topological polar surface area (TPSA) is 88.2 Å². The average molecular weight is 457 g/mol. The summed E-state index contributed by atoms with van der Waals surface area (Å²) in [4.78, 5) is 39.1. The number of carbonyl (C=O) groups is 2. The second-order valence-electron chi connectivity index (χ2n) is 7.68. The summed E-state index contributed by atoms with van der Waals surface area (Å²) >= 11 is 6.04. The molecule has 0 aliphatic carbocycles. The highest BCUT2D eigenvalue weighted by Gasteiger charge is 2.22. The van der Waals surface area contributed by atoms with Crippen molar-refractivity contribution in [1.29, 1.82) is 0 Å². The molecule has 166 valence electrons. The van der Waals surface area contributed by atoms with Crippen LogP contribution in [-0.4, -0.2) is 57.7 Å². The fourth-order valence-corrected chi connectivity index (χ4v) is 3.72. The number of aromatic nitrogens is 3. The van der Waals surface area contributed by atoms with Crippen molar-refractivity contribution in [1.82, 2.24) is 19.9 Å². The Morgan fingerprint density at radius 3 is 2.66 bits per heavy atom. The third-order valence-corrected chi connectivity index (χ3v) is 5.66. The van der Waals surface area contributed by atoms with Crippen LogP contribution in [0.15, 0.2) is 36.8 Å². The van der Waals surface area contributed by atoms with Crippen LogP contribution in [0.1, 0.15) is 43.4 Å². The van der Waals surface area contributed by atoms with E-state index < -0.39 is 11.6 Å². The molecule has 1 N–H and O–H groups in total. The summed E-state index contributed by atoms with van der Waals surface area (Å²) in [5.74, 6) is -0.787. The Labute approximate surface area is 189 Å². The van der Waals surface area contributed by atoms with E-state index in [9.17, 15) is 14.0 Å². The standard InChI is InChI=1S/C23H22ClFN4O3/c1-14-2-3-17(24)21(22(14)25)23(31)16-9-18(26-12-16)19(30)8-15-10-27-20(28-11-15)13-29-4-6-32-7-5-29/h2-3,9-12,26H,4-8,13H2,1H3. The fraction of sp³-hybridized carbons (Fsp3) is 0.304. The van der Waals surface area contributed by atoms with Crippen LogP contribution in [-0.2, 0) is 17.7 Å². The third-order valence-electron chi connectivity index (χ3n) is 5.35. The van der Waals surface area contributed by atoms with Crippen LogP contribution in [0, 0.1) is 12.7 Å². The number of H-pyrrole nitrogens is 1. The Bertz CT molecular complexity index is 1140. The van der Waals surface area contributed by atoms with Crippen molar-refractivity contribution >= 4 is 23.2 Å². The highest BCUT2D eigenvalue weighted by atomic mass is 35.5. The van der Waals surface area contributed by atoms with Crippen molar-refractivity contribution in [3.05, 3.63) is 81.4 Å². The van der Waals surface area contributed by atoms with E-state index in [2.05, 4.69) is 19.9 Å². The molecule has 4 rings (SSSR count). The Morgan fingerprint density at radius 1 is 1.22 bits per heavy atom. The number of aryl methyl sites for hydroxylation is 1. The number of aromatic amines is 1. The van der Waals surface area contributed by atoms with Gasteiger partial charge in [0, 0.05) is 43.7 Å². The van der Waals surface area contributed by atoms with Gasteiger partial charge in [-0.2, -0.15) is 0 Å². The van der Waals surface area contributed by atoms with Crippen molar-refractivity contribution < 1.29 is 18.7 Å². The lowest BCUT2D eigenvalue weighted by molar-refractivity contribution is 0.0330. The van der Waals surface area contributed by atoms with Crippen LogP contribution in [0.4, 0.5) is 4.39 Å². The zero-order valence-corrected chi connectivity index (χ0v) is 18.3. The number of ketones is 2. The zero-order chi connectivity index (χ0) is 22.7. The lowest BCUT2D eigenvalue weighted by Gasteiger charge is -2.25. The maximum atomic E-state index is 14.4. The molecule has 1 aromatic carbocycles. The molecule has 32 heavy (non-hydrogen) atoms. The molecule has 3 heterocycles. The highest BCUT2D eigenvalue weighted by molar-refractivity contribution is 6.35. The maximum absolute atomic E-state index is 14.4. The van der Waals surface area contributed by atoms with Crippen LogP contribution in [0.2, 0.25) is 5.02 Å². The van der Waals surface area contributed by atoms with E-state index >= 15 is 0 Å². The smallest absolute Gasteiger partial charge is 0.199 e. The summed E-state index contributed by atoms with van der Waals surface area (Å²) in [5, 5.41) is 0.0292. The first kappa shape index (κ1) is 22.3. The molecule has 0 bridgehead atoms. The quantitative estimate of drug-likeness (QED) is 0.548. The number of hydrogen-bond donors (Lipinski definition) is 1. The minimum Gasteiger partial charge on any atom is -0.379 e. The molecule has 1 fully saturated rings. The van der Waals surface area contributed by atoms with Gasteiger partial charge in [0.1, 0.15) is 11.6 Å². The molecule has 0 spiro atoms. The first-order valence-corrected chi connectivity index (χ1v) is 10.6. The molecule has 0 atom stereocenters. The molecule has 0 unspecified atom stereocenters. The molecular weight excluding hydrogens is 435 g/mol. The summed E-state index contributed by atoms with van der Waals surface area (Å²) < 4.78 is 19.8. The van der Waals surface area contributed by atoms with Gasteiger partial charge in [0.25, 0.3) is 0 Å². The summed E-state index contributed by atoms with van der Waals surface area (Å²) in [6.45, 7) is 5.29. The van der Waals surface area contributed by atoms with Crippen LogP contribution in [0.5, 0.6) is 0 Å². The van der Waals surface area contributed by atoms with E-state index in [1.807, 2.05) is 0 Å². The van der Waals surface area contributed by atoms with Crippen LogP contribution >= 0.6 is 11.6 Å². The van der Waals surface area contributed by atoms with Gasteiger partial charge in [-0.3, -0.25) is 14.5 Å². The van der Waals surface area contributed by atoms with Crippen molar-refractivity contribution in [2.45, 2.75) is 19.9 Å². The van der Waals surface area contributed by atoms with E-state index in [-0.39, 0.29) is 34.0 Å². The molecule has 0 radical (unpaired) electrons. The van der Waals surface area contributed by atoms with Gasteiger partial charge < -0.3 is 9.72 Å². The number of nitrogens with zero attached hydrogens (tertiary/aromatic N) is 3. The van der Waals surface area contributed by atoms with Gasteiger partial charge in [-0.15, -0.1) is 0 Å². The normalized spacial score (nSPS) is 14.5. The molecule has 0 amide bonds. The number of Topliss-reactive ketones (excluding diaryl/α,β-unsaturated/α-hetero) is 1. The number of benzene rings is 1. The van der Waals surface area contributed by atoms with Gasteiger partial charge in [0.05, 0.1) is 36.0 Å². The molecule has 3 aromatic rings. The summed E-state index contributed by atoms with van der Waals surface area (Å²) in [7, 11) is 0. The third kappa shape index (κ3) is 4.93. The fourth-order valence-electron chi connectivity index (χ4n) is 3.49. The van der Waals surface area contributed by atoms with Gasteiger partial charge >= 0.3 is 0 Å². The minimum atomic E-state index is -0.661. The SMILES string of the molecule is Cc1ccc(Cl)c(C(=O)c2c[nH]c(C(=O)Cc3cnc(CN4CCOCC4)nc3)c2)c1F. The molecule has 2 aromatic heterocycles. The van der Waals surface area contributed by atoms with Gasteiger partial charge in [-0.25, -0.2) is 14.4 Å².